The Balaban J connectivity index is 1.46. The number of benzene rings is 3. The van der Waals surface area contributed by atoms with Crippen molar-refractivity contribution in [2.45, 2.75) is 36.9 Å². The normalized spacial score (nSPS) is 18.5. The Morgan fingerprint density at radius 3 is 2.45 bits per heavy atom. The van der Waals surface area contributed by atoms with Gasteiger partial charge in [-0.25, -0.2) is 18.0 Å². The molecule has 0 spiro atoms. The molecular weight excluding hydrogens is 525 g/mol. The van der Waals surface area contributed by atoms with E-state index < -0.39 is 41.4 Å². The summed E-state index contributed by atoms with van der Waals surface area (Å²) < 4.78 is 53.1. The highest BCUT2D eigenvalue weighted by atomic mass is 19.1. The van der Waals surface area contributed by atoms with Gasteiger partial charge in [0.05, 0.1) is 24.8 Å². The fraction of sp³-hybridized carbons (Fsp3) is 0.310. The maximum absolute atomic E-state index is 14.9. The molecule has 1 aliphatic heterocycles. The Labute approximate surface area is 229 Å². The van der Waals surface area contributed by atoms with Crippen molar-refractivity contribution in [1.29, 1.82) is 0 Å². The Morgan fingerprint density at radius 2 is 1.77 bits per heavy atom. The summed E-state index contributed by atoms with van der Waals surface area (Å²) in [6.45, 7) is 0.833. The number of nitrogens with one attached hydrogen (secondary N) is 2. The molecule has 212 valence electrons. The lowest BCUT2D eigenvalue weighted by Crippen LogP contribution is -2.49. The van der Waals surface area contributed by atoms with Crippen LogP contribution < -0.4 is 22.1 Å². The minimum Gasteiger partial charge on any atom is -0.448 e. The number of carbonyl (C=O) groups excluding carboxylic acids is 2. The first kappa shape index (κ1) is 29.1. The average molecular weight is 557 g/mol. The van der Waals surface area contributed by atoms with Gasteiger partial charge in [-0.15, -0.1) is 0 Å². The Kier molecular flexibility index (Phi) is 9.75. The topological polar surface area (TPSA) is 129 Å². The maximum atomic E-state index is 14.9. The third-order valence-electron chi connectivity index (χ3n) is 6.79. The minimum absolute atomic E-state index is 0.0837. The molecular formula is C29H31F3N4O4. The molecule has 0 bridgehead atoms. The van der Waals surface area contributed by atoms with E-state index in [2.05, 4.69) is 10.6 Å². The smallest absolute Gasteiger partial charge is 0.404 e. The third kappa shape index (κ3) is 7.59. The van der Waals surface area contributed by atoms with Crippen LogP contribution in [0.5, 0.6) is 0 Å². The second-order valence-electron chi connectivity index (χ2n) is 9.59. The van der Waals surface area contributed by atoms with Crippen LogP contribution in [0.2, 0.25) is 0 Å². The summed E-state index contributed by atoms with van der Waals surface area (Å²) in [5, 5.41) is 5.93. The predicted molar refractivity (Wildman–Crippen MR) is 143 cm³/mol. The van der Waals surface area contributed by atoms with E-state index in [1.54, 1.807) is 12.1 Å². The molecule has 0 radical (unpaired) electrons. The standard InChI is InChI=1S/C29H31F3N4O4/c30-19-9-7-17(8-10-19)26(18-3-1-4-20(31)13-18)27(33)28(37)36-25-6-2-5-24(32)23(25)12-11-22-14-35-21(15-39-22)16-40-29(34)38/h1-10,13,21-22,26-27,35H,11-12,14-16,33H2,(H2,34,38)(H,36,37)/t21?,22-,26+,27+/m1/s1. The largest absolute Gasteiger partial charge is 0.448 e. The molecule has 1 fully saturated rings. The second-order valence-corrected chi connectivity index (χ2v) is 9.59. The molecule has 2 amide bonds. The van der Waals surface area contributed by atoms with Gasteiger partial charge < -0.3 is 31.6 Å². The summed E-state index contributed by atoms with van der Waals surface area (Å²) in [7, 11) is 0. The molecule has 1 unspecified atom stereocenters. The highest BCUT2D eigenvalue weighted by molar-refractivity contribution is 5.96. The summed E-state index contributed by atoms with van der Waals surface area (Å²) >= 11 is 0. The molecule has 11 heteroatoms. The lowest BCUT2D eigenvalue weighted by molar-refractivity contribution is -0.117. The second kappa shape index (κ2) is 13.4. The number of anilines is 1. The number of amides is 2. The average Bonchev–Trinajstić information content (AvgIpc) is 2.93. The molecule has 8 nitrogen and oxygen atoms in total. The van der Waals surface area contributed by atoms with E-state index in [4.69, 9.17) is 20.9 Å². The van der Waals surface area contributed by atoms with Crippen LogP contribution in [0.4, 0.5) is 23.7 Å². The van der Waals surface area contributed by atoms with Crippen molar-refractivity contribution in [2.24, 2.45) is 11.5 Å². The Morgan fingerprint density at radius 1 is 1.02 bits per heavy atom. The van der Waals surface area contributed by atoms with Crippen LogP contribution in [0, 0.1) is 17.5 Å². The Hall–Kier alpha value is -3.93. The van der Waals surface area contributed by atoms with Gasteiger partial charge in [-0.05, 0) is 60.4 Å². The van der Waals surface area contributed by atoms with E-state index in [0.717, 1.165) is 0 Å². The van der Waals surface area contributed by atoms with E-state index in [1.807, 2.05) is 0 Å². The van der Waals surface area contributed by atoms with Crippen LogP contribution in [0.25, 0.3) is 0 Å². The zero-order valence-corrected chi connectivity index (χ0v) is 21.6. The van der Waals surface area contributed by atoms with Crippen LogP contribution in [0.3, 0.4) is 0 Å². The molecule has 0 saturated carbocycles. The van der Waals surface area contributed by atoms with E-state index in [9.17, 15) is 22.8 Å². The zero-order chi connectivity index (χ0) is 28.6. The van der Waals surface area contributed by atoms with Crippen LogP contribution >= 0.6 is 0 Å². The molecule has 40 heavy (non-hydrogen) atoms. The molecule has 3 aromatic rings. The first-order valence-electron chi connectivity index (χ1n) is 12.8. The van der Waals surface area contributed by atoms with Crippen LogP contribution in [0.1, 0.15) is 29.0 Å². The SMILES string of the molecule is NC(=O)OCC1CO[C@H](CCc2c(F)cccc2NC(=O)[C@@H](N)[C@@H](c2ccc(F)cc2)c2cccc(F)c2)CN1. The number of rotatable bonds is 10. The predicted octanol–water partition coefficient (Wildman–Crippen LogP) is 3.59. The molecule has 0 aliphatic carbocycles. The van der Waals surface area contributed by atoms with E-state index in [-0.39, 0.29) is 36.4 Å². The van der Waals surface area contributed by atoms with E-state index in [1.165, 1.54) is 54.6 Å². The molecule has 1 aliphatic rings. The third-order valence-corrected chi connectivity index (χ3v) is 6.79. The number of carbonyl (C=O) groups is 2. The number of morpholine rings is 1. The zero-order valence-electron chi connectivity index (χ0n) is 21.6. The van der Waals surface area contributed by atoms with Crippen molar-refractivity contribution < 1.29 is 32.2 Å². The molecule has 1 heterocycles. The quantitative estimate of drug-likeness (QED) is 0.302. The molecule has 1 saturated heterocycles. The monoisotopic (exact) mass is 556 g/mol. The first-order chi connectivity index (χ1) is 19.2. The first-order valence-corrected chi connectivity index (χ1v) is 12.8. The van der Waals surface area contributed by atoms with Gasteiger partial charge in [0, 0.05) is 23.7 Å². The number of halogens is 3. The summed E-state index contributed by atoms with van der Waals surface area (Å²) in [4.78, 5) is 24.1. The fourth-order valence-electron chi connectivity index (χ4n) is 4.72. The van der Waals surface area contributed by atoms with Crippen molar-refractivity contribution in [2.75, 3.05) is 25.1 Å². The number of primary amides is 1. The summed E-state index contributed by atoms with van der Waals surface area (Å²) in [5.41, 5.74) is 12.9. The van der Waals surface area contributed by atoms with Crippen molar-refractivity contribution in [3.8, 4) is 0 Å². The fourth-order valence-corrected chi connectivity index (χ4v) is 4.72. The highest BCUT2D eigenvalue weighted by Gasteiger charge is 2.29. The maximum Gasteiger partial charge on any atom is 0.404 e. The van der Waals surface area contributed by atoms with Gasteiger partial charge in [-0.3, -0.25) is 4.79 Å². The van der Waals surface area contributed by atoms with Gasteiger partial charge in [0.2, 0.25) is 5.91 Å². The molecule has 0 aromatic heterocycles. The van der Waals surface area contributed by atoms with Crippen molar-refractivity contribution in [3.05, 3.63) is 101 Å². The lowest BCUT2D eigenvalue weighted by atomic mass is 9.85. The van der Waals surface area contributed by atoms with Gasteiger partial charge in [0.25, 0.3) is 0 Å². The molecule has 4 atom stereocenters. The molecule has 4 rings (SSSR count). The number of hydrogen-bond acceptors (Lipinski definition) is 6. The molecule has 6 N–H and O–H groups in total. The van der Waals surface area contributed by atoms with Gasteiger partial charge in [0.15, 0.2) is 0 Å². The van der Waals surface area contributed by atoms with Gasteiger partial charge >= 0.3 is 6.09 Å². The van der Waals surface area contributed by atoms with E-state index in [0.29, 0.717) is 30.7 Å². The van der Waals surface area contributed by atoms with Gasteiger partial charge in [-0.1, -0.05) is 30.3 Å². The highest BCUT2D eigenvalue weighted by Crippen LogP contribution is 2.30. The van der Waals surface area contributed by atoms with Crippen molar-refractivity contribution >= 4 is 17.7 Å². The minimum atomic E-state index is -1.20. The lowest BCUT2D eigenvalue weighted by Gasteiger charge is -2.30. The summed E-state index contributed by atoms with van der Waals surface area (Å²) in [5.74, 6) is -2.87. The molecule has 3 aromatic carbocycles. The van der Waals surface area contributed by atoms with Gasteiger partial charge in [-0.2, -0.15) is 0 Å². The van der Waals surface area contributed by atoms with Crippen molar-refractivity contribution in [3.63, 3.8) is 0 Å². The Bertz CT molecular complexity index is 1320. The number of ether oxygens (including phenoxy) is 2. The van der Waals surface area contributed by atoms with Crippen molar-refractivity contribution in [1.82, 2.24) is 5.32 Å². The van der Waals surface area contributed by atoms with Gasteiger partial charge in [0.1, 0.15) is 24.1 Å². The van der Waals surface area contributed by atoms with Crippen LogP contribution in [-0.2, 0) is 20.7 Å². The summed E-state index contributed by atoms with van der Waals surface area (Å²) in [6.07, 6.45) is -0.380. The van der Waals surface area contributed by atoms with Crippen LogP contribution in [0.15, 0.2) is 66.7 Å². The number of hydrogen-bond donors (Lipinski definition) is 4. The number of nitrogens with two attached hydrogens (primary N) is 2. The summed E-state index contributed by atoms with van der Waals surface area (Å²) in [6, 6.07) is 14.1. The van der Waals surface area contributed by atoms with E-state index >= 15 is 0 Å². The van der Waals surface area contributed by atoms with Crippen LogP contribution in [-0.4, -0.2) is 49.9 Å².